The Labute approximate surface area is 265 Å². The van der Waals surface area contributed by atoms with Crippen LogP contribution in [0.5, 0.6) is 11.5 Å². The van der Waals surface area contributed by atoms with E-state index < -0.39 is 23.8 Å². The van der Waals surface area contributed by atoms with E-state index in [4.69, 9.17) is 14.2 Å². The van der Waals surface area contributed by atoms with Crippen LogP contribution in [0.4, 0.5) is 9.59 Å². The van der Waals surface area contributed by atoms with Gasteiger partial charge in [-0.2, -0.15) is 0 Å². The Kier molecular flexibility index (Phi) is 13.1. The van der Waals surface area contributed by atoms with Gasteiger partial charge in [0, 0.05) is 26.2 Å². The first-order chi connectivity index (χ1) is 21.5. The maximum absolute atomic E-state index is 14.2. The molecule has 1 atom stereocenters. The summed E-state index contributed by atoms with van der Waals surface area (Å²) >= 11 is 0. The first-order valence-corrected chi connectivity index (χ1v) is 15.0. The molecule has 0 saturated heterocycles. The largest absolute Gasteiger partial charge is 0.497 e. The number of methoxy groups -OCH3 is 2. The summed E-state index contributed by atoms with van der Waals surface area (Å²) in [4.78, 5) is 42.0. The molecular weight excluding hydrogens is 574 g/mol. The standard InChI is InChI=1S/C35H45N3O7/c1-35(2,3)45-33(40)36-31(13-9-10-22-37(34(41)42)23-26-11-7-6-8-12-26)32(39)38(24-27-14-18-29(43-4)19-15-27)25-28-16-20-30(44-5)21-17-28/h6-8,11-12,14-21,31H,9-10,13,22-25H2,1-5H3,(H,36,40)(H,41,42)/t31-/m0/s1. The zero-order chi connectivity index (χ0) is 32.8. The van der Waals surface area contributed by atoms with E-state index in [2.05, 4.69) is 5.32 Å². The van der Waals surface area contributed by atoms with E-state index >= 15 is 0 Å². The normalized spacial score (nSPS) is 11.7. The van der Waals surface area contributed by atoms with Crippen molar-refractivity contribution < 1.29 is 33.7 Å². The van der Waals surface area contributed by atoms with Crippen LogP contribution in [0, 0.1) is 0 Å². The average Bonchev–Trinajstić information content (AvgIpc) is 3.01. The number of carbonyl (C=O) groups is 3. The third-order valence-corrected chi connectivity index (χ3v) is 7.02. The Morgan fingerprint density at radius 1 is 0.733 bits per heavy atom. The molecule has 0 heterocycles. The number of hydrogen-bond acceptors (Lipinski definition) is 6. The second-order valence-electron chi connectivity index (χ2n) is 11.8. The maximum atomic E-state index is 14.2. The molecule has 0 aliphatic heterocycles. The average molecular weight is 620 g/mol. The summed E-state index contributed by atoms with van der Waals surface area (Å²) in [5.74, 6) is 1.14. The summed E-state index contributed by atoms with van der Waals surface area (Å²) in [5.41, 5.74) is 1.94. The van der Waals surface area contributed by atoms with Crippen molar-refractivity contribution in [1.29, 1.82) is 0 Å². The summed E-state index contributed by atoms with van der Waals surface area (Å²) in [6.45, 7) is 6.44. The van der Waals surface area contributed by atoms with Crippen molar-refractivity contribution in [1.82, 2.24) is 15.1 Å². The lowest BCUT2D eigenvalue weighted by Gasteiger charge is -2.29. The van der Waals surface area contributed by atoms with Crippen LogP contribution in [0.2, 0.25) is 0 Å². The number of ether oxygens (including phenoxy) is 3. The minimum Gasteiger partial charge on any atom is -0.497 e. The highest BCUT2D eigenvalue weighted by molar-refractivity contribution is 5.85. The molecule has 0 bridgehead atoms. The predicted octanol–water partition coefficient (Wildman–Crippen LogP) is 6.48. The molecule has 0 radical (unpaired) electrons. The van der Waals surface area contributed by atoms with Crippen molar-refractivity contribution in [2.24, 2.45) is 0 Å². The van der Waals surface area contributed by atoms with Crippen LogP contribution in [0.3, 0.4) is 0 Å². The highest BCUT2D eigenvalue weighted by Crippen LogP contribution is 2.19. The van der Waals surface area contributed by atoms with Crippen LogP contribution in [0.25, 0.3) is 0 Å². The summed E-state index contributed by atoms with van der Waals surface area (Å²) in [7, 11) is 3.19. The Balaban J connectivity index is 1.79. The Bertz CT molecular complexity index is 1310. The lowest BCUT2D eigenvalue weighted by Crippen LogP contribution is -2.49. The van der Waals surface area contributed by atoms with Crippen LogP contribution in [-0.2, 0) is 29.2 Å². The van der Waals surface area contributed by atoms with Gasteiger partial charge in [-0.25, -0.2) is 9.59 Å². The van der Waals surface area contributed by atoms with Gasteiger partial charge in [0.05, 0.1) is 14.2 Å². The van der Waals surface area contributed by atoms with Crippen LogP contribution in [0.1, 0.15) is 56.7 Å². The molecule has 0 aliphatic rings. The van der Waals surface area contributed by atoms with E-state index in [9.17, 15) is 19.5 Å². The molecule has 0 unspecified atom stereocenters. The lowest BCUT2D eigenvalue weighted by molar-refractivity contribution is -0.135. The van der Waals surface area contributed by atoms with Gasteiger partial charge in [0.25, 0.3) is 0 Å². The molecule has 3 aromatic carbocycles. The van der Waals surface area contributed by atoms with Crippen LogP contribution >= 0.6 is 0 Å². The molecule has 3 aromatic rings. The van der Waals surface area contributed by atoms with E-state index in [1.807, 2.05) is 78.9 Å². The van der Waals surface area contributed by atoms with E-state index in [-0.39, 0.29) is 12.5 Å². The molecule has 0 spiro atoms. The number of alkyl carbamates (subject to hydrolysis) is 1. The van der Waals surface area contributed by atoms with Gasteiger partial charge in [-0.15, -0.1) is 0 Å². The number of nitrogens with one attached hydrogen (secondary N) is 1. The molecule has 0 aromatic heterocycles. The third kappa shape index (κ3) is 12.1. The molecule has 242 valence electrons. The van der Waals surface area contributed by atoms with Crippen molar-refractivity contribution in [3.05, 3.63) is 95.6 Å². The molecule has 3 rings (SSSR count). The van der Waals surface area contributed by atoms with Crippen molar-refractivity contribution in [2.45, 2.75) is 71.3 Å². The van der Waals surface area contributed by atoms with Gasteiger partial charge in [-0.1, -0.05) is 54.6 Å². The maximum Gasteiger partial charge on any atom is 0.408 e. The molecule has 10 nitrogen and oxygen atoms in total. The Morgan fingerprint density at radius 3 is 1.69 bits per heavy atom. The smallest absolute Gasteiger partial charge is 0.408 e. The minimum atomic E-state index is -1.01. The lowest BCUT2D eigenvalue weighted by atomic mass is 10.1. The third-order valence-electron chi connectivity index (χ3n) is 7.02. The van der Waals surface area contributed by atoms with Crippen molar-refractivity contribution in [2.75, 3.05) is 20.8 Å². The fraction of sp³-hybridized carbons (Fsp3) is 0.400. The summed E-state index contributed by atoms with van der Waals surface area (Å²) in [6.07, 6.45) is -0.382. The van der Waals surface area contributed by atoms with Gasteiger partial charge < -0.3 is 34.4 Å². The van der Waals surface area contributed by atoms with Crippen molar-refractivity contribution >= 4 is 18.1 Å². The van der Waals surface area contributed by atoms with E-state index in [0.29, 0.717) is 50.4 Å². The van der Waals surface area contributed by atoms with Crippen molar-refractivity contribution in [3.63, 3.8) is 0 Å². The first kappa shape index (κ1) is 34.8. The monoisotopic (exact) mass is 619 g/mol. The van der Waals surface area contributed by atoms with Gasteiger partial charge >= 0.3 is 12.2 Å². The van der Waals surface area contributed by atoms with Crippen LogP contribution in [0.15, 0.2) is 78.9 Å². The Hall–Kier alpha value is -4.73. The summed E-state index contributed by atoms with van der Waals surface area (Å²) in [5, 5.41) is 12.5. The fourth-order valence-electron chi connectivity index (χ4n) is 4.74. The number of rotatable bonds is 15. The first-order valence-electron chi connectivity index (χ1n) is 15.0. The Morgan fingerprint density at radius 2 is 1.22 bits per heavy atom. The molecule has 0 aliphatic carbocycles. The number of nitrogens with zero attached hydrogens (tertiary/aromatic N) is 2. The second-order valence-corrected chi connectivity index (χ2v) is 11.8. The molecule has 3 amide bonds. The zero-order valence-electron chi connectivity index (χ0n) is 26.8. The quantitative estimate of drug-likeness (QED) is 0.187. The summed E-state index contributed by atoms with van der Waals surface area (Å²) < 4.78 is 16.1. The predicted molar refractivity (Wildman–Crippen MR) is 172 cm³/mol. The topological polar surface area (TPSA) is 118 Å². The molecule has 0 saturated carbocycles. The number of hydrogen-bond donors (Lipinski definition) is 2. The van der Waals surface area contributed by atoms with Gasteiger partial charge in [0.2, 0.25) is 5.91 Å². The number of benzene rings is 3. The van der Waals surface area contributed by atoms with Gasteiger partial charge in [0.15, 0.2) is 0 Å². The number of unbranched alkanes of at least 4 members (excludes halogenated alkanes) is 1. The van der Waals surface area contributed by atoms with Crippen molar-refractivity contribution in [3.8, 4) is 11.5 Å². The highest BCUT2D eigenvalue weighted by atomic mass is 16.6. The summed E-state index contributed by atoms with van der Waals surface area (Å²) in [6, 6.07) is 23.5. The molecule has 45 heavy (non-hydrogen) atoms. The number of carbonyl (C=O) groups excluding carboxylic acids is 2. The molecule has 0 fully saturated rings. The number of amides is 3. The van der Waals surface area contributed by atoms with Crippen LogP contribution in [-0.4, -0.2) is 65.4 Å². The molecule has 2 N–H and O–H groups in total. The van der Waals surface area contributed by atoms with E-state index in [0.717, 1.165) is 16.7 Å². The molecule has 10 heteroatoms. The second kappa shape index (κ2) is 16.9. The van der Waals surface area contributed by atoms with Gasteiger partial charge in [-0.3, -0.25) is 4.79 Å². The SMILES string of the molecule is COc1ccc(CN(Cc2ccc(OC)cc2)C(=O)[C@H](CCCCN(Cc2ccccc2)C(=O)O)NC(=O)OC(C)(C)C)cc1. The zero-order valence-corrected chi connectivity index (χ0v) is 26.8. The number of carboxylic acid groups (broad SMARTS) is 1. The van der Waals surface area contributed by atoms with E-state index in [1.54, 1.807) is 39.9 Å². The minimum absolute atomic E-state index is 0.270. The van der Waals surface area contributed by atoms with E-state index in [1.165, 1.54) is 4.90 Å². The van der Waals surface area contributed by atoms with Gasteiger partial charge in [-0.05, 0) is 81.0 Å². The van der Waals surface area contributed by atoms with Crippen LogP contribution < -0.4 is 14.8 Å². The van der Waals surface area contributed by atoms with Gasteiger partial charge in [0.1, 0.15) is 23.1 Å². The highest BCUT2D eigenvalue weighted by Gasteiger charge is 2.28. The molecular formula is C35H45N3O7. The fourth-order valence-corrected chi connectivity index (χ4v) is 4.74.